The molecule has 0 aromatic carbocycles. The first-order valence-corrected chi connectivity index (χ1v) is 8.30. The van der Waals surface area contributed by atoms with Gasteiger partial charge in [0.2, 0.25) is 0 Å². The Balaban J connectivity index is 1.82. The largest absolute Gasteiger partial charge is 0.393 e. The van der Waals surface area contributed by atoms with E-state index in [9.17, 15) is 9.90 Å². The van der Waals surface area contributed by atoms with Crippen LogP contribution in [0.3, 0.4) is 0 Å². The quantitative estimate of drug-likeness (QED) is 0.787. The van der Waals surface area contributed by atoms with Gasteiger partial charge >= 0.3 is 0 Å². The molecule has 1 unspecified atom stereocenters. The van der Waals surface area contributed by atoms with E-state index in [1.807, 2.05) is 0 Å². The monoisotopic (exact) mass is 286 g/mol. The normalized spacial score (nSPS) is 40.9. The predicted molar refractivity (Wildman–Crippen MR) is 84.9 cm³/mol. The first-order valence-electron chi connectivity index (χ1n) is 8.30. The van der Waals surface area contributed by atoms with Crippen LogP contribution in [0.5, 0.6) is 0 Å². The van der Waals surface area contributed by atoms with Crippen molar-refractivity contribution in [3.05, 3.63) is 35.5 Å². The average molecular weight is 286 g/mol. The van der Waals surface area contributed by atoms with Gasteiger partial charge in [-0.05, 0) is 56.4 Å². The van der Waals surface area contributed by atoms with Crippen molar-refractivity contribution >= 4 is 5.78 Å². The minimum absolute atomic E-state index is 0.105. The number of allylic oxidation sites excluding steroid dienone is 4. The minimum Gasteiger partial charge on any atom is -0.393 e. The molecular weight excluding hydrogens is 260 g/mol. The highest BCUT2D eigenvalue weighted by molar-refractivity contribution is 5.87. The van der Waals surface area contributed by atoms with Crippen molar-refractivity contribution in [1.82, 2.24) is 0 Å². The topological polar surface area (TPSA) is 37.3 Å². The Morgan fingerprint density at radius 1 is 1.24 bits per heavy atom. The van der Waals surface area contributed by atoms with Gasteiger partial charge in [-0.25, -0.2) is 0 Å². The summed E-state index contributed by atoms with van der Waals surface area (Å²) in [7, 11) is 0. The number of Topliss-reactive ketones (excluding diaryl/α,β-unsaturated/α-hetero) is 1. The van der Waals surface area contributed by atoms with Crippen molar-refractivity contribution in [3.63, 3.8) is 0 Å². The Hall–Kier alpha value is -1.15. The van der Waals surface area contributed by atoms with Crippen LogP contribution in [0.4, 0.5) is 0 Å². The molecule has 0 spiro atoms. The molecule has 0 aromatic heterocycles. The third-order valence-electron chi connectivity index (χ3n) is 5.86. The number of carbonyl (C=O) groups is 1. The number of hydrogen-bond donors (Lipinski definition) is 1. The molecule has 0 saturated heterocycles. The fraction of sp³-hybridized carbons (Fsp3) is 0.632. The number of aliphatic hydroxyl groups is 1. The summed E-state index contributed by atoms with van der Waals surface area (Å²) in [4.78, 5) is 12.2. The van der Waals surface area contributed by atoms with Gasteiger partial charge in [-0.2, -0.15) is 0 Å². The van der Waals surface area contributed by atoms with Crippen molar-refractivity contribution in [2.75, 3.05) is 0 Å². The summed E-state index contributed by atoms with van der Waals surface area (Å²) in [6, 6.07) is 0. The SMILES string of the molecule is C=C1CC[C@@H](O)CC1=CC=C1CCC[C@]2(C)C(=O)CCC12. The van der Waals surface area contributed by atoms with Crippen LogP contribution in [0.1, 0.15) is 58.3 Å². The lowest BCUT2D eigenvalue weighted by molar-refractivity contribution is -0.126. The Morgan fingerprint density at radius 2 is 2.05 bits per heavy atom. The van der Waals surface area contributed by atoms with Crippen LogP contribution < -0.4 is 0 Å². The van der Waals surface area contributed by atoms with Crippen molar-refractivity contribution < 1.29 is 9.90 Å². The van der Waals surface area contributed by atoms with Gasteiger partial charge in [-0.1, -0.05) is 36.8 Å². The average Bonchev–Trinajstić information content (AvgIpc) is 2.76. The van der Waals surface area contributed by atoms with Crippen LogP contribution in [0, 0.1) is 11.3 Å². The summed E-state index contributed by atoms with van der Waals surface area (Å²) in [5.74, 6) is 0.903. The van der Waals surface area contributed by atoms with Gasteiger partial charge in [0.05, 0.1) is 6.10 Å². The number of rotatable bonds is 1. The molecule has 21 heavy (non-hydrogen) atoms. The lowest BCUT2D eigenvalue weighted by atomic mass is 9.66. The van der Waals surface area contributed by atoms with E-state index in [0.717, 1.165) is 51.4 Å². The lowest BCUT2D eigenvalue weighted by Crippen LogP contribution is -2.33. The lowest BCUT2D eigenvalue weighted by Gasteiger charge is -2.36. The van der Waals surface area contributed by atoms with E-state index in [-0.39, 0.29) is 11.5 Å². The maximum absolute atomic E-state index is 12.2. The van der Waals surface area contributed by atoms with E-state index < -0.39 is 0 Å². The predicted octanol–water partition coefficient (Wildman–Crippen LogP) is 4.11. The Bertz CT molecular complexity index is 526. The molecule has 0 radical (unpaired) electrons. The summed E-state index contributed by atoms with van der Waals surface area (Å²) < 4.78 is 0. The zero-order valence-electron chi connectivity index (χ0n) is 13.0. The molecule has 3 aliphatic carbocycles. The molecule has 3 fully saturated rings. The van der Waals surface area contributed by atoms with E-state index in [1.165, 1.54) is 16.7 Å². The van der Waals surface area contributed by atoms with E-state index in [1.54, 1.807) is 0 Å². The van der Waals surface area contributed by atoms with E-state index in [0.29, 0.717) is 11.7 Å². The number of carbonyl (C=O) groups excluding carboxylic acids is 1. The first-order chi connectivity index (χ1) is 10.0. The molecule has 1 N–H and O–H groups in total. The van der Waals surface area contributed by atoms with Gasteiger partial charge in [0.1, 0.15) is 5.78 Å². The van der Waals surface area contributed by atoms with Gasteiger partial charge in [0.15, 0.2) is 0 Å². The molecule has 2 heteroatoms. The van der Waals surface area contributed by atoms with Gasteiger partial charge in [0.25, 0.3) is 0 Å². The molecular formula is C19H26O2. The maximum Gasteiger partial charge on any atom is 0.139 e. The molecule has 3 atom stereocenters. The number of fused-ring (bicyclic) bond motifs is 1. The molecule has 3 rings (SSSR count). The molecule has 3 aliphatic rings. The van der Waals surface area contributed by atoms with Crippen LogP contribution in [-0.4, -0.2) is 17.0 Å². The van der Waals surface area contributed by atoms with Gasteiger partial charge in [-0.15, -0.1) is 0 Å². The smallest absolute Gasteiger partial charge is 0.139 e. The Labute approximate surface area is 127 Å². The fourth-order valence-corrected chi connectivity index (χ4v) is 4.41. The maximum atomic E-state index is 12.2. The van der Waals surface area contributed by atoms with Gasteiger partial charge in [-0.3, -0.25) is 4.79 Å². The minimum atomic E-state index is -0.218. The summed E-state index contributed by atoms with van der Waals surface area (Å²) in [6.07, 6.45) is 11.7. The standard InChI is InChI=1S/C19H26O2/c1-13-5-8-16(20)12-15(13)7-6-14-4-3-11-19(2)17(14)9-10-18(19)21/h6-7,16-17,20H,1,3-5,8-12H2,2H3/t16-,17?,19+/m1/s1. The first kappa shape index (κ1) is 14.8. The number of ketones is 1. The molecule has 0 amide bonds. The summed E-state index contributed by atoms with van der Waals surface area (Å²) in [6.45, 7) is 6.29. The molecule has 114 valence electrons. The van der Waals surface area contributed by atoms with Gasteiger partial charge < -0.3 is 5.11 Å². The van der Waals surface area contributed by atoms with Crippen LogP contribution in [0.15, 0.2) is 35.5 Å². The van der Waals surface area contributed by atoms with Crippen LogP contribution in [0.2, 0.25) is 0 Å². The molecule has 0 heterocycles. The zero-order valence-corrected chi connectivity index (χ0v) is 13.0. The highest BCUT2D eigenvalue weighted by Gasteiger charge is 2.48. The van der Waals surface area contributed by atoms with Crippen molar-refractivity contribution in [1.29, 1.82) is 0 Å². The Kier molecular flexibility index (Phi) is 3.92. The van der Waals surface area contributed by atoms with Crippen molar-refractivity contribution in [2.45, 2.75) is 64.4 Å². The Morgan fingerprint density at radius 3 is 2.86 bits per heavy atom. The highest BCUT2D eigenvalue weighted by atomic mass is 16.3. The third kappa shape index (κ3) is 2.66. The highest BCUT2D eigenvalue weighted by Crippen LogP contribution is 2.52. The van der Waals surface area contributed by atoms with E-state index in [2.05, 4.69) is 25.7 Å². The van der Waals surface area contributed by atoms with E-state index >= 15 is 0 Å². The second-order valence-corrected chi connectivity index (χ2v) is 7.22. The van der Waals surface area contributed by atoms with Crippen LogP contribution in [-0.2, 0) is 4.79 Å². The van der Waals surface area contributed by atoms with Crippen molar-refractivity contribution in [3.8, 4) is 0 Å². The second-order valence-electron chi connectivity index (χ2n) is 7.22. The van der Waals surface area contributed by atoms with Gasteiger partial charge in [0, 0.05) is 11.8 Å². The fourth-order valence-electron chi connectivity index (χ4n) is 4.41. The molecule has 0 aromatic rings. The zero-order chi connectivity index (χ0) is 15.0. The third-order valence-corrected chi connectivity index (χ3v) is 5.86. The second kappa shape index (κ2) is 5.57. The summed E-state index contributed by atoms with van der Waals surface area (Å²) in [5, 5.41) is 9.81. The molecule has 0 bridgehead atoms. The molecule has 2 nitrogen and oxygen atoms in total. The summed E-state index contributed by atoms with van der Waals surface area (Å²) in [5.41, 5.74) is 3.69. The van der Waals surface area contributed by atoms with Crippen LogP contribution in [0.25, 0.3) is 0 Å². The summed E-state index contributed by atoms with van der Waals surface area (Å²) >= 11 is 0. The number of hydrogen-bond acceptors (Lipinski definition) is 2. The molecule has 3 saturated carbocycles. The number of aliphatic hydroxyl groups excluding tert-OH is 1. The van der Waals surface area contributed by atoms with Crippen molar-refractivity contribution in [2.24, 2.45) is 11.3 Å². The van der Waals surface area contributed by atoms with E-state index in [4.69, 9.17) is 0 Å². The molecule has 0 aliphatic heterocycles. The van der Waals surface area contributed by atoms with Crippen LogP contribution >= 0.6 is 0 Å².